The molecule has 3 aromatic rings. The van der Waals surface area contributed by atoms with E-state index in [1.54, 1.807) is 35.6 Å². The highest BCUT2D eigenvalue weighted by Gasteiger charge is 2.25. The molecule has 2 aromatic heterocycles. The Balaban J connectivity index is 1.30. The molecular formula is C20H21FN6O2. The number of carbonyl (C=O) groups is 1. The average Bonchev–Trinajstić information content (AvgIpc) is 3.22. The minimum atomic E-state index is -0.289. The molecule has 0 saturated carbocycles. The molecule has 1 N–H and O–H groups in total. The Morgan fingerprint density at radius 3 is 2.93 bits per heavy atom. The van der Waals surface area contributed by atoms with Gasteiger partial charge >= 0.3 is 6.03 Å². The Bertz CT molecular complexity index is 947. The van der Waals surface area contributed by atoms with Crippen LogP contribution in [0.3, 0.4) is 0 Å². The van der Waals surface area contributed by atoms with Crippen molar-refractivity contribution in [3.8, 4) is 11.5 Å². The molecule has 0 radical (unpaired) electrons. The number of likely N-dealkylation sites (tertiary alicyclic amines) is 1. The number of nitrogens with zero attached hydrogens (tertiary/aromatic N) is 5. The zero-order valence-corrected chi connectivity index (χ0v) is 15.8. The molecule has 8 nitrogen and oxygen atoms in total. The number of rotatable bonds is 5. The number of hydrogen-bond acceptors (Lipinski definition) is 6. The van der Waals surface area contributed by atoms with Crippen molar-refractivity contribution in [3.05, 3.63) is 60.1 Å². The van der Waals surface area contributed by atoms with Crippen LogP contribution in [0.15, 0.2) is 47.4 Å². The normalized spacial score (nSPS) is 16.6. The maximum atomic E-state index is 13.0. The first-order valence-corrected chi connectivity index (χ1v) is 9.53. The molecule has 1 aromatic carbocycles. The largest absolute Gasteiger partial charge is 0.339 e. The minimum absolute atomic E-state index is 0.121. The molecule has 29 heavy (non-hydrogen) atoms. The van der Waals surface area contributed by atoms with E-state index in [9.17, 15) is 9.18 Å². The van der Waals surface area contributed by atoms with Gasteiger partial charge < -0.3 is 14.7 Å². The van der Waals surface area contributed by atoms with Crippen LogP contribution in [-0.4, -0.2) is 44.1 Å². The molecule has 1 unspecified atom stereocenters. The fourth-order valence-corrected chi connectivity index (χ4v) is 3.41. The van der Waals surface area contributed by atoms with Crippen molar-refractivity contribution >= 4 is 6.03 Å². The number of aromatic nitrogens is 4. The summed E-state index contributed by atoms with van der Waals surface area (Å²) >= 11 is 0. The van der Waals surface area contributed by atoms with Gasteiger partial charge in [-0.2, -0.15) is 4.98 Å². The van der Waals surface area contributed by atoms with E-state index in [-0.39, 0.29) is 17.8 Å². The number of nitrogens with one attached hydrogen (secondary N) is 1. The maximum Gasteiger partial charge on any atom is 0.317 e. The zero-order chi connectivity index (χ0) is 20.1. The second-order valence-electron chi connectivity index (χ2n) is 7.05. The fourth-order valence-electron chi connectivity index (χ4n) is 3.41. The minimum Gasteiger partial charge on any atom is -0.339 e. The monoisotopic (exact) mass is 396 g/mol. The molecule has 150 valence electrons. The number of halogens is 1. The van der Waals surface area contributed by atoms with E-state index < -0.39 is 0 Å². The average molecular weight is 396 g/mol. The molecule has 1 fully saturated rings. The third-order valence-electron chi connectivity index (χ3n) is 4.89. The van der Waals surface area contributed by atoms with Crippen LogP contribution < -0.4 is 5.32 Å². The summed E-state index contributed by atoms with van der Waals surface area (Å²) in [6.45, 7) is 1.70. The second-order valence-corrected chi connectivity index (χ2v) is 7.05. The van der Waals surface area contributed by atoms with Crippen LogP contribution in [0.2, 0.25) is 0 Å². The lowest BCUT2D eigenvalue weighted by Crippen LogP contribution is -2.45. The first-order valence-electron chi connectivity index (χ1n) is 9.53. The topological polar surface area (TPSA) is 97.0 Å². The van der Waals surface area contributed by atoms with Crippen molar-refractivity contribution in [1.82, 2.24) is 30.3 Å². The highest BCUT2D eigenvalue weighted by atomic mass is 19.1. The van der Waals surface area contributed by atoms with Crippen LogP contribution in [-0.2, 0) is 13.0 Å². The molecule has 0 aliphatic carbocycles. The third kappa shape index (κ3) is 4.92. The lowest BCUT2D eigenvalue weighted by atomic mass is 9.95. The summed E-state index contributed by atoms with van der Waals surface area (Å²) in [6, 6.07) is 5.98. The van der Waals surface area contributed by atoms with Crippen molar-refractivity contribution < 1.29 is 13.7 Å². The molecule has 4 rings (SSSR count). The number of urea groups is 1. The fraction of sp³-hybridized carbons (Fsp3) is 0.350. The Morgan fingerprint density at radius 1 is 1.28 bits per heavy atom. The van der Waals surface area contributed by atoms with E-state index in [0.717, 1.165) is 18.4 Å². The predicted octanol–water partition coefficient (Wildman–Crippen LogP) is 2.83. The summed E-state index contributed by atoms with van der Waals surface area (Å²) in [7, 11) is 0. The van der Waals surface area contributed by atoms with Gasteiger partial charge in [0.15, 0.2) is 0 Å². The Labute approximate surface area is 167 Å². The smallest absolute Gasteiger partial charge is 0.317 e. The van der Waals surface area contributed by atoms with E-state index in [1.165, 1.54) is 12.1 Å². The van der Waals surface area contributed by atoms with Gasteiger partial charge in [0.2, 0.25) is 11.7 Å². The molecule has 9 heteroatoms. The van der Waals surface area contributed by atoms with Gasteiger partial charge in [0.1, 0.15) is 11.5 Å². The lowest BCUT2D eigenvalue weighted by Gasteiger charge is -2.32. The number of piperidine rings is 1. The summed E-state index contributed by atoms with van der Waals surface area (Å²) in [5, 5.41) is 6.86. The van der Waals surface area contributed by atoms with Gasteiger partial charge in [0.25, 0.3) is 0 Å². The van der Waals surface area contributed by atoms with Gasteiger partial charge in [-0.15, -0.1) is 0 Å². The number of hydrogen-bond donors (Lipinski definition) is 1. The van der Waals surface area contributed by atoms with E-state index in [2.05, 4.69) is 25.4 Å². The molecule has 0 spiro atoms. The Hall–Kier alpha value is -3.36. The molecule has 1 atom stereocenters. The van der Waals surface area contributed by atoms with Gasteiger partial charge in [0.05, 0.1) is 6.20 Å². The summed E-state index contributed by atoms with van der Waals surface area (Å²) in [5.74, 6) is 0.903. The Morgan fingerprint density at radius 2 is 2.14 bits per heavy atom. The molecule has 2 amide bonds. The maximum absolute atomic E-state index is 13.0. The van der Waals surface area contributed by atoms with Gasteiger partial charge in [-0.25, -0.2) is 14.2 Å². The highest BCUT2D eigenvalue weighted by molar-refractivity contribution is 5.74. The highest BCUT2D eigenvalue weighted by Crippen LogP contribution is 2.21. The standard InChI is InChI=1S/C20H21FN6O2/c21-16-5-3-14(4-6-16)11-24-20(28)27-9-1-2-15(13-27)10-18-25-19(26-29-18)17-12-22-7-8-23-17/h3-8,12,15H,1-2,9-11,13H2,(H,24,28). The lowest BCUT2D eigenvalue weighted by molar-refractivity contribution is 0.161. The van der Waals surface area contributed by atoms with Gasteiger partial charge in [-0.05, 0) is 36.5 Å². The van der Waals surface area contributed by atoms with Crippen molar-refractivity contribution in [2.45, 2.75) is 25.8 Å². The first-order chi connectivity index (χ1) is 14.2. The molecule has 1 saturated heterocycles. The molecular weight excluding hydrogens is 375 g/mol. The number of benzene rings is 1. The SMILES string of the molecule is O=C(NCc1ccc(F)cc1)N1CCCC(Cc2nc(-c3cnccn3)no2)C1. The number of amides is 2. The predicted molar refractivity (Wildman–Crippen MR) is 102 cm³/mol. The van der Waals surface area contributed by atoms with E-state index >= 15 is 0 Å². The van der Waals surface area contributed by atoms with Crippen molar-refractivity contribution in [2.24, 2.45) is 5.92 Å². The van der Waals surface area contributed by atoms with Crippen LogP contribution in [0.1, 0.15) is 24.3 Å². The van der Waals surface area contributed by atoms with E-state index in [4.69, 9.17) is 4.52 Å². The summed E-state index contributed by atoms with van der Waals surface area (Å²) in [6.07, 6.45) is 7.26. The Kier molecular flexibility index (Phi) is 5.73. The van der Waals surface area contributed by atoms with Gasteiger partial charge in [-0.3, -0.25) is 4.98 Å². The van der Waals surface area contributed by atoms with Crippen LogP contribution in [0.25, 0.3) is 11.5 Å². The summed E-state index contributed by atoms with van der Waals surface area (Å²) in [5.41, 5.74) is 1.42. The summed E-state index contributed by atoms with van der Waals surface area (Å²) < 4.78 is 18.3. The van der Waals surface area contributed by atoms with Gasteiger partial charge in [0, 0.05) is 38.4 Å². The molecule has 0 bridgehead atoms. The van der Waals surface area contributed by atoms with Crippen LogP contribution in [0.5, 0.6) is 0 Å². The van der Waals surface area contributed by atoms with Crippen LogP contribution in [0, 0.1) is 11.7 Å². The molecule has 3 heterocycles. The van der Waals surface area contributed by atoms with Gasteiger partial charge in [-0.1, -0.05) is 17.3 Å². The van der Waals surface area contributed by atoms with Crippen molar-refractivity contribution in [3.63, 3.8) is 0 Å². The third-order valence-corrected chi connectivity index (χ3v) is 4.89. The second kappa shape index (κ2) is 8.76. The zero-order valence-electron chi connectivity index (χ0n) is 15.8. The van der Waals surface area contributed by atoms with E-state index in [1.807, 2.05) is 0 Å². The summed E-state index contributed by atoms with van der Waals surface area (Å²) in [4.78, 5) is 26.9. The molecule has 1 aliphatic heterocycles. The van der Waals surface area contributed by atoms with Crippen LogP contribution >= 0.6 is 0 Å². The van der Waals surface area contributed by atoms with Crippen molar-refractivity contribution in [1.29, 1.82) is 0 Å². The quantitative estimate of drug-likeness (QED) is 0.712. The van der Waals surface area contributed by atoms with Crippen LogP contribution in [0.4, 0.5) is 9.18 Å². The molecule has 1 aliphatic rings. The van der Waals surface area contributed by atoms with Crippen molar-refractivity contribution in [2.75, 3.05) is 13.1 Å². The number of carbonyl (C=O) groups excluding carboxylic acids is 1. The van der Waals surface area contributed by atoms with E-state index in [0.29, 0.717) is 43.5 Å². The first kappa shape index (κ1) is 19.0.